The smallest absolute Gasteiger partial charge is 0.0841 e. The lowest BCUT2D eigenvalue weighted by Gasteiger charge is -1.98. The second-order valence-corrected chi connectivity index (χ2v) is 4.09. The standard InChI is InChI=1S/C17H12N/c1-2-7-15(8-3-1)9-6-13-18-14-12-16-10-4-5-11-17(16)18/h2-5,7-8,10-12,14H,13H2. The van der Waals surface area contributed by atoms with Gasteiger partial charge < -0.3 is 4.57 Å². The molecule has 0 spiro atoms. The molecule has 85 valence electrons. The van der Waals surface area contributed by atoms with Crippen LogP contribution in [0, 0.1) is 17.9 Å². The fourth-order valence-corrected chi connectivity index (χ4v) is 1.98. The molecule has 0 bridgehead atoms. The lowest BCUT2D eigenvalue weighted by molar-refractivity contribution is 0.886. The summed E-state index contributed by atoms with van der Waals surface area (Å²) < 4.78 is 2.16. The Bertz CT molecular complexity index is 711. The fourth-order valence-electron chi connectivity index (χ4n) is 1.98. The first-order valence-electron chi connectivity index (χ1n) is 5.92. The van der Waals surface area contributed by atoms with E-state index in [0.29, 0.717) is 6.54 Å². The molecule has 1 heteroatoms. The van der Waals surface area contributed by atoms with Gasteiger partial charge in [-0.25, -0.2) is 0 Å². The highest BCUT2D eigenvalue weighted by Crippen LogP contribution is 2.14. The summed E-state index contributed by atoms with van der Waals surface area (Å²) in [6.45, 7) is 0.714. The summed E-state index contributed by atoms with van der Waals surface area (Å²) in [5.74, 6) is 6.35. The van der Waals surface area contributed by atoms with Crippen LogP contribution in [0.15, 0.2) is 60.8 Å². The van der Waals surface area contributed by atoms with Gasteiger partial charge in [-0.2, -0.15) is 0 Å². The van der Waals surface area contributed by atoms with Crippen molar-refractivity contribution < 1.29 is 0 Å². The highest BCUT2D eigenvalue weighted by Gasteiger charge is 1.96. The normalized spacial score (nSPS) is 10.0. The topological polar surface area (TPSA) is 4.93 Å². The molecule has 1 aromatic heterocycles. The summed E-state index contributed by atoms with van der Waals surface area (Å²) >= 11 is 0. The van der Waals surface area contributed by atoms with E-state index in [4.69, 9.17) is 0 Å². The highest BCUT2D eigenvalue weighted by atomic mass is 14.9. The molecule has 1 heterocycles. The largest absolute Gasteiger partial charge is 0.336 e. The minimum atomic E-state index is 0.714. The summed E-state index contributed by atoms with van der Waals surface area (Å²) in [7, 11) is 0. The summed E-state index contributed by atoms with van der Waals surface area (Å²) in [5, 5.41) is 1.26. The Morgan fingerprint density at radius 2 is 1.83 bits per heavy atom. The van der Waals surface area contributed by atoms with E-state index in [1.807, 2.05) is 24.3 Å². The van der Waals surface area contributed by atoms with Crippen LogP contribution in [0.25, 0.3) is 10.9 Å². The second-order valence-electron chi connectivity index (χ2n) is 4.09. The van der Waals surface area contributed by atoms with Gasteiger partial charge in [-0.1, -0.05) is 42.2 Å². The van der Waals surface area contributed by atoms with Gasteiger partial charge in [-0.05, 0) is 35.7 Å². The summed E-state index contributed by atoms with van der Waals surface area (Å²) in [6.07, 6.45) is 2.08. The van der Waals surface area contributed by atoms with Crippen molar-refractivity contribution >= 4 is 10.9 Å². The van der Waals surface area contributed by atoms with Gasteiger partial charge in [0.15, 0.2) is 0 Å². The third-order valence-corrected chi connectivity index (χ3v) is 2.88. The summed E-state index contributed by atoms with van der Waals surface area (Å²) in [6, 6.07) is 21.2. The first-order chi connectivity index (χ1) is 8.93. The van der Waals surface area contributed by atoms with E-state index < -0.39 is 0 Å². The van der Waals surface area contributed by atoms with Crippen LogP contribution < -0.4 is 0 Å². The van der Waals surface area contributed by atoms with E-state index in [9.17, 15) is 0 Å². The second kappa shape index (κ2) is 4.81. The average Bonchev–Trinajstić information content (AvgIpc) is 2.84. The summed E-state index contributed by atoms with van der Waals surface area (Å²) in [5.41, 5.74) is 2.26. The maximum absolute atomic E-state index is 3.20. The van der Waals surface area contributed by atoms with E-state index in [0.717, 1.165) is 5.56 Å². The minimum absolute atomic E-state index is 0.714. The van der Waals surface area contributed by atoms with Crippen LogP contribution in [-0.2, 0) is 6.54 Å². The zero-order chi connectivity index (χ0) is 12.2. The number of fused-ring (bicyclic) bond motifs is 1. The van der Waals surface area contributed by atoms with Crippen LogP contribution in [0.1, 0.15) is 5.56 Å². The number of rotatable bonds is 1. The molecule has 3 aromatic rings. The number of aromatic nitrogens is 1. The third kappa shape index (κ3) is 2.14. The lowest BCUT2D eigenvalue weighted by atomic mass is 10.2. The van der Waals surface area contributed by atoms with Crippen LogP contribution in [0.3, 0.4) is 0 Å². The third-order valence-electron chi connectivity index (χ3n) is 2.88. The van der Waals surface area contributed by atoms with Crippen molar-refractivity contribution in [3.05, 3.63) is 72.4 Å². The van der Waals surface area contributed by atoms with E-state index in [2.05, 4.69) is 59.0 Å². The van der Waals surface area contributed by atoms with Gasteiger partial charge in [0.25, 0.3) is 0 Å². The van der Waals surface area contributed by atoms with E-state index in [1.165, 1.54) is 10.9 Å². The maximum atomic E-state index is 3.20. The van der Waals surface area contributed by atoms with Crippen LogP contribution in [0.2, 0.25) is 0 Å². The fraction of sp³-hybridized carbons (Fsp3) is 0.0588. The number of nitrogens with zero attached hydrogens (tertiary/aromatic N) is 1. The monoisotopic (exact) mass is 230 g/mol. The molecule has 0 atom stereocenters. The molecule has 2 aromatic carbocycles. The van der Waals surface area contributed by atoms with Crippen molar-refractivity contribution in [3.63, 3.8) is 0 Å². The molecule has 0 N–H and O–H groups in total. The molecule has 0 amide bonds. The van der Waals surface area contributed by atoms with Crippen molar-refractivity contribution in [2.75, 3.05) is 0 Å². The predicted molar refractivity (Wildman–Crippen MR) is 74.1 cm³/mol. The molecule has 3 rings (SSSR count). The molecule has 0 aliphatic heterocycles. The van der Waals surface area contributed by atoms with Crippen LogP contribution >= 0.6 is 0 Å². The first-order valence-corrected chi connectivity index (χ1v) is 5.92. The van der Waals surface area contributed by atoms with Gasteiger partial charge in [-0.3, -0.25) is 0 Å². The Kier molecular flexibility index (Phi) is 2.85. The number of hydrogen-bond acceptors (Lipinski definition) is 0. The van der Waals surface area contributed by atoms with Gasteiger partial charge in [0.2, 0.25) is 0 Å². The Morgan fingerprint density at radius 3 is 2.72 bits per heavy atom. The number of benzene rings is 2. The minimum Gasteiger partial charge on any atom is -0.336 e. The quantitative estimate of drug-likeness (QED) is 0.564. The van der Waals surface area contributed by atoms with Gasteiger partial charge >= 0.3 is 0 Å². The molecular weight excluding hydrogens is 218 g/mol. The van der Waals surface area contributed by atoms with Crippen molar-refractivity contribution in [2.45, 2.75) is 6.54 Å². The Balaban J connectivity index is 1.84. The van der Waals surface area contributed by atoms with E-state index >= 15 is 0 Å². The van der Waals surface area contributed by atoms with Crippen LogP contribution in [-0.4, -0.2) is 4.57 Å². The molecule has 1 nitrogen and oxygen atoms in total. The van der Waals surface area contributed by atoms with Gasteiger partial charge in [0.1, 0.15) is 0 Å². The van der Waals surface area contributed by atoms with E-state index in [1.54, 1.807) is 0 Å². The average molecular weight is 230 g/mol. The molecule has 18 heavy (non-hydrogen) atoms. The molecule has 0 aliphatic rings. The van der Waals surface area contributed by atoms with Crippen molar-refractivity contribution in [3.8, 4) is 11.8 Å². The molecule has 1 radical (unpaired) electrons. The molecule has 0 saturated carbocycles. The summed E-state index contributed by atoms with van der Waals surface area (Å²) in [4.78, 5) is 0. The maximum Gasteiger partial charge on any atom is 0.0841 e. The molecule has 0 aliphatic carbocycles. The molecule has 0 unspecified atom stereocenters. The van der Waals surface area contributed by atoms with E-state index in [-0.39, 0.29) is 0 Å². The Hall–Kier alpha value is -2.46. The van der Waals surface area contributed by atoms with Gasteiger partial charge in [-0.15, -0.1) is 0 Å². The Morgan fingerprint density at radius 1 is 1.00 bits per heavy atom. The Labute approximate surface area is 107 Å². The predicted octanol–water partition coefficient (Wildman–Crippen LogP) is 3.49. The van der Waals surface area contributed by atoms with Gasteiger partial charge in [0, 0.05) is 17.3 Å². The number of hydrogen-bond donors (Lipinski definition) is 0. The van der Waals surface area contributed by atoms with Crippen LogP contribution in [0.5, 0.6) is 0 Å². The highest BCUT2D eigenvalue weighted by molar-refractivity contribution is 5.79. The lowest BCUT2D eigenvalue weighted by Crippen LogP contribution is -1.92. The van der Waals surface area contributed by atoms with Gasteiger partial charge in [0.05, 0.1) is 6.54 Å². The zero-order valence-electron chi connectivity index (χ0n) is 9.93. The van der Waals surface area contributed by atoms with Crippen molar-refractivity contribution in [1.82, 2.24) is 4.57 Å². The van der Waals surface area contributed by atoms with Crippen molar-refractivity contribution in [2.24, 2.45) is 0 Å². The molecular formula is C17H12N. The SMILES string of the molecule is C(#Cc1cc[c]cc1)Cn1ccc2ccccc21. The first kappa shape index (κ1) is 10.7. The van der Waals surface area contributed by atoms with Crippen molar-refractivity contribution in [1.29, 1.82) is 0 Å². The number of para-hydroxylation sites is 1. The zero-order valence-corrected chi connectivity index (χ0v) is 9.93. The van der Waals surface area contributed by atoms with Crippen LogP contribution in [0.4, 0.5) is 0 Å². The molecule has 0 fully saturated rings. The molecule has 0 saturated heterocycles.